The molecule has 2 rings (SSSR count). The molecule has 1 heterocycles. The van der Waals surface area contributed by atoms with Crippen LogP contribution < -0.4 is 0 Å². The highest BCUT2D eigenvalue weighted by Gasteiger charge is 2.26. The molecule has 0 unspecified atom stereocenters. The Morgan fingerprint density at radius 2 is 1.75 bits per heavy atom. The van der Waals surface area contributed by atoms with Crippen molar-refractivity contribution in [1.82, 2.24) is 14.1 Å². The van der Waals surface area contributed by atoms with Gasteiger partial charge in [-0.05, 0) is 31.0 Å². The first-order valence-electron chi connectivity index (χ1n) is 7.84. The molecule has 0 spiro atoms. The highest BCUT2D eigenvalue weighted by Crippen LogP contribution is 2.15. The van der Waals surface area contributed by atoms with Crippen LogP contribution in [-0.4, -0.2) is 80.7 Å². The fourth-order valence-corrected chi connectivity index (χ4v) is 3.93. The van der Waals surface area contributed by atoms with E-state index in [-0.39, 0.29) is 5.91 Å². The molecule has 0 aromatic heterocycles. The maximum Gasteiger partial charge on any atom is 0.236 e. The van der Waals surface area contributed by atoms with Gasteiger partial charge in [-0.1, -0.05) is 12.1 Å². The molecule has 1 fully saturated rings. The average Bonchev–Trinajstić information content (AvgIpc) is 2.54. The van der Waals surface area contributed by atoms with Crippen LogP contribution in [0.15, 0.2) is 29.2 Å². The van der Waals surface area contributed by atoms with Crippen molar-refractivity contribution >= 4 is 27.7 Å². The molecule has 0 saturated carbocycles. The molecule has 8 heteroatoms. The summed E-state index contributed by atoms with van der Waals surface area (Å²) in [5.74, 6) is 0.0476. The van der Waals surface area contributed by atoms with E-state index >= 15 is 0 Å². The smallest absolute Gasteiger partial charge is 0.236 e. The van der Waals surface area contributed by atoms with Gasteiger partial charge in [-0.25, -0.2) is 8.42 Å². The normalized spacial score (nSPS) is 16.6. The lowest BCUT2D eigenvalue weighted by molar-refractivity contribution is -0.133. The van der Waals surface area contributed by atoms with Gasteiger partial charge in [0.25, 0.3) is 0 Å². The van der Waals surface area contributed by atoms with Gasteiger partial charge in [0.2, 0.25) is 15.9 Å². The Hall–Kier alpha value is -1.09. The van der Waals surface area contributed by atoms with Crippen LogP contribution in [0.1, 0.15) is 5.56 Å². The van der Waals surface area contributed by atoms with E-state index in [1.54, 1.807) is 16.7 Å². The largest absolute Gasteiger partial charge is 0.339 e. The standard InChI is InChI=1S/C16H25N3O3S2/c1-17(12-14-4-6-15(23-2)7-5-14)13-16(20)18-8-10-19(11-9-18)24(3,21)22/h4-7H,8-13H2,1-3H3. The van der Waals surface area contributed by atoms with Crippen LogP contribution in [0.2, 0.25) is 0 Å². The lowest BCUT2D eigenvalue weighted by atomic mass is 10.2. The van der Waals surface area contributed by atoms with E-state index in [2.05, 4.69) is 24.3 Å². The van der Waals surface area contributed by atoms with Gasteiger partial charge in [-0.3, -0.25) is 9.69 Å². The van der Waals surface area contributed by atoms with E-state index in [0.717, 1.165) is 0 Å². The van der Waals surface area contributed by atoms with Crippen molar-refractivity contribution in [3.63, 3.8) is 0 Å². The molecule has 1 aliphatic rings. The van der Waals surface area contributed by atoms with Crippen LogP contribution in [0.5, 0.6) is 0 Å². The summed E-state index contributed by atoms with van der Waals surface area (Å²) < 4.78 is 24.4. The summed E-state index contributed by atoms with van der Waals surface area (Å²) in [5.41, 5.74) is 1.17. The topological polar surface area (TPSA) is 60.9 Å². The van der Waals surface area contributed by atoms with Gasteiger partial charge in [0, 0.05) is 37.6 Å². The van der Waals surface area contributed by atoms with Crippen LogP contribution >= 0.6 is 11.8 Å². The second kappa shape index (κ2) is 8.33. The third-order valence-electron chi connectivity index (χ3n) is 4.08. The van der Waals surface area contributed by atoms with Crippen LogP contribution in [0.25, 0.3) is 0 Å². The summed E-state index contributed by atoms with van der Waals surface area (Å²) in [5, 5.41) is 0. The molecule has 0 N–H and O–H groups in total. The second-order valence-corrected chi connectivity index (χ2v) is 8.93. The maximum absolute atomic E-state index is 12.4. The molecule has 0 atom stereocenters. The van der Waals surface area contributed by atoms with Gasteiger partial charge < -0.3 is 4.90 Å². The highest BCUT2D eigenvalue weighted by molar-refractivity contribution is 7.98. The number of nitrogens with zero attached hydrogens (tertiary/aromatic N) is 3. The number of sulfonamides is 1. The summed E-state index contributed by atoms with van der Waals surface area (Å²) in [4.78, 5) is 17.3. The first-order valence-corrected chi connectivity index (χ1v) is 10.9. The Morgan fingerprint density at radius 1 is 1.17 bits per heavy atom. The monoisotopic (exact) mass is 371 g/mol. The predicted molar refractivity (Wildman–Crippen MR) is 97.6 cm³/mol. The molecule has 0 aliphatic carbocycles. The Morgan fingerprint density at radius 3 is 2.25 bits per heavy atom. The number of carbonyl (C=O) groups is 1. The molecule has 1 amide bonds. The number of thioether (sulfide) groups is 1. The molecule has 134 valence electrons. The number of hydrogen-bond acceptors (Lipinski definition) is 5. The van der Waals surface area contributed by atoms with Gasteiger partial charge in [0.1, 0.15) is 0 Å². The average molecular weight is 372 g/mol. The van der Waals surface area contributed by atoms with Crippen LogP contribution in [0.3, 0.4) is 0 Å². The van der Waals surface area contributed by atoms with Crippen molar-refractivity contribution in [2.45, 2.75) is 11.4 Å². The molecule has 1 aromatic rings. The highest BCUT2D eigenvalue weighted by atomic mass is 32.2. The molecule has 6 nitrogen and oxygen atoms in total. The van der Waals surface area contributed by atoms with Crippen molar-refractivity contribution < 1.29 is 13.2 Å². The van der Waals surface area contributed by atoms with E-state index in [9.17, 15) is 13.2 Å². The molecule has 1 aliphatic heterocycles. The number of piperazine rings is 1. The van der Waals surface area contributed by atoms with Gasteiger partial charge in [0.15, 0.2) is 0 Å². The van der Waals surface area contributed by atoms with Crippen LogP contribution in [0, 0.1) is 0 Å². The molecular weight excluding hydrogens is 346 g/mol. The zero-order valence-corrected chi connectivity index (χ0v) is 16.1. The number of carbonyl (C=O) groups excluding carboxylic acids is 1. The first kappa shape index (κ1) is 19.2. The lowest BCUT2D eigenvalue weighted by Crippen LogP contribution is -2.52. The number of amides is 1. The van der Waals surface area contributed by atoms with Gasteiger partial charge in [-0.15, -0.1) is 11.8 Å². The van der Waals surface area contributed by atoms with E-state index in [0.29, 0.717) is 39.3 Å². The number of likely N-dealkylation sites (N-methyl/N-ethyl adjacent to an activating group) is 1. The predicted octanol–water partition coefficient (Wildman–Crippen LogP) is 0.944. The summed E-state index contributed by atoms with van der Waals surface area (Å²) in [6, 6.07) is 8.33. The van der Waals surface area contributed by atoms with Gasteiger partial charge >= 0.3 is 0 Å². The number of rotatable bonds is 6. The minimum atomic E-state index is -3.16. The SMILES string of the molecule is CSc1ccc(CN(C)CC(=O)N2CCN(S(C)(=O)=O)CC2)cc1. The zero-order chi connectivity index (χ0) is 17.7. The summed E-state index contributed by atoms with van der Waals surface area (Å²) in [6.07, 6.45) is 3.25. The Balaban J connectivity index is 1.81. The quantitative estimate of drug-likeness (QED) is 0.697. The summed E-state index contributed by atoms with van der Waals surface area (Å²) in [7, 11) is -1.24. The van der Waals surface area contributed by atoms with E-state index in [1.807, 2.05) is 18.2 Å². The first-order chi connectivity index (χ1) is 11.3. The minimum Gasteiger partial charge on any atom is -0.339 e. The van der Waals surface area contributed by atoms with Crippen molar-refractivity contribution in [2.75, 3.05) is 52.3 Å². The third-order valence-corrected chi connectivity index (χ3v) is 6.12. The summed E-state index contributed by atoms with van der Waals surface area (Å²) >= 11 is 1.71. The third kappa shape index (κ3) is 5.47. The van der Waals surface area contributed by atoms with Crippen molar-refractivity contribution in [3.8, 4) is 0 Å². The molecule has 0 radical (unpaired) electrons. The fourth-order valence-electron chi connectivity index (χ4n) is 2.70. The van der Waals surface area contributed by atoms with Crippen LogP contribution in [0.4, 0.5) is 0 Å². The fraction of sp³-hybridized carbons (Fsp3) is 0.562. The second-order valence-electron chi connectivity index (χ2n) is 6.06. The van der Waals surface area contributed by atoms with E-state index < -0.39 is 10.0 Å². The number of hydrogen-bond donors (Lipinski definition) is 0. The van der Waals surface area contributed by atoms with Crippen molar-refractivity contribution in [1.29, 1.82) is 0 Å². The Bertz CT molecular complexity index is 654. The van der Waals surface area contributed by atoms with E-state index in [1.165, 1.54) is 21.0 Å². The maximum atomic E-state index is 12.4. The van der Waals surface area contributed by atoms with Crippen molar-refractivity contribution in [3.05, 3.63) is 29.8 Å². The Kier molecular flexibility index (Phi) is 6.68. The van der Waals surface area contributed by atoms with Crippen LogP contribution in [-0.2, 0) is 21.4 Å². The zero-order valence-electron chi connectivity index (χ0n) is 14.4. The summed E-state index contributed by atoms with van der Waals surface area (Å²) in [6.45, 7) is 2.73. The Labute approximate surface area is 148 Å². The lowest BCUT2D eigenvalue weighted by Gasteiger charge is -2.34. The molecule has 1 aromatic carbocycles. The van der Waals surface area contributed by atoms with Gasteiger partial charge in [-0.2, -0.15) is 4.31 Å². The molecular formula is C16H25N3O3S2. The molecule has 1 saturated heterocycles. The van der Waals surface area contributed by atoms with Crippen molar-refractivity contribution in [2.24, 2.45) is 0 Å². The minimum absolute atomic E-state index is 0.0476. The molecule has 0 bridgehead atoms. The number of benzene rings is 1. The van der Waals surface area contributed by atoms with E-state index in [4.69, 9.17) is 0 Å². The van der Waals surface area contributed by atoms with Gasteiger partial charge in [0.05, 0.1) is 12.8 Å². The molecule has 24 heavy (non-hydrogen) atoms.